The van der Waals surface area contributed by atoms with Crippen LogP contribution in [0.5, 0.6) is 23.0 Å². The molecule has 0 unspecified atom stereocenters. The lowest BCUT2D eigenvalue weighted by Gasteiger charge is -2.44. The monoisotopic (exact) mass is 837 g/mol. The van der Waals surface area contributed by atoms with Crippen LogP contribution < -0.4 is 18.6 Å². The number of carbonyl (C=O) groups is 1. The van der Waals surface area contributed by atoms with Gasteiger partial charge in [-0.2, -0.15) is 0 Å². The fraction of sp³-hybridized carbons (Fsp3) is 0.500. The molecule has 1 fully saturated rings. The van der Waals surface area contributed by atoms with Gasteiger partial charge in [-0.3, -0.25) is 4.79 Å². The van der Waals surface area contributed by atoms with Gasteiger partial charge in [0.2, 0.25) is 5.78 Å². The van der Waals surface area contributed by atoms with E-state index in [1.54, 1.807) is 21.3 Å². The zero-order valence-corrected chi connectivity index (χ0v) is 39.6. The van der Waals surface area contributed by atoms with Crippen LogP contribution in [0.1, 0.15) is 102 Å². The highest BCUT2D eigenvalue weighted by molar-refractivity contribution is 6.78. The SMILES string of the molecule is C/C=C(\C)C#CC(=O)c1c(C)cc2c(OC)c3c([C@H]4C[C@@H](N(C)C)[C@H](OCc5ccccc5)[C@@H](C)O4)ccc(O[Si](C(C)C)(C(C)C)C(C)C)c3c(OC)c2c1OCOC. The number of ketones is 1. The molecule has 0 aromatic heterocycles. The van der Waals surface area contributed by atoms with Crippen LogP contribution in [0.15, 0.2) is 60.2 Å². The first-order valence-electron chi connectivity index (χ1n) is 21.2. The lowest BCUT2D eigenvalue weighted by Crippen LogP contribution is -2.52. The zero-order valence-electron chi connectivity index (χ0n) is 38.6. The Morgan fingerprint density at radius 1 is 0.900 bits per heavy atom. The fourth-order valence-corrected chi connectivity index (χ4v) is 14.7. The van der Waals surface area contributed by atoms with E-state index >= 15 is 0 Å². The quantitative estimate of drug-likeness (QED) is 0.0273. The maximum atomic E-state index is 14.1. The normalized spacial score (nSPS) is 18.7. The third-order valence-corrected chi connectivity index (χ3v) is 18.3. The van der Waals surface area contributed by atoms with Gasteiger partial charge in [-0.1, -0.05) is 89.9 Å². The predicted octanol–water partition coefficient (Wildman–Crippen LogP) is 11.4. The Morgan fingerprint density at radius 2 is 1.55 bits per heavy atom. The summed E-state index contributed by atoms with van der Waals surface area (Å²) >= 11 is 0. The Bertz CT molecular complexity index is 2210. The van der Waals surface area contributed by atoms with Gasteiger partial charge in [0, 0.05) is 23.9 Å². The van der Waals surface area contributed by atoms with Gasteiger partial charge in [0.15, 0.2) is 6.79 Å². The highest BCUT2D eigenvalue weighted by Gasteiger charge is 2.48. The number of allylic oxidation sites excluding steroid dienone is 2. The molecule has 4 atom stereocenters. The molecule has 5 rings (SSSR count). The number of hydrogen-bond donors (Lipinski definition) is 0. The van der Waals surface area contributed by atoms with Gasteiger partial charge in [-0.25, -0.2) is 0 Å². The van der Waals surface area contributed by atoms with Crippen molar-refractivity contribution < 1.29 is 37.6 Å². The van der Waals surface area contributed by atoms with Crippen molar-refractivity contribution >= 4 is 35.6 Å². The molecule has 0 radical (unpaired) electrons. The van der Waals surface area contributed by atoms with E-state index in [0.29, 0.717) is 69.2 Å². The predicted molar refractivity (Wildman–Crippen MR) is 245 cm³/mol. The summed E-state index contributed by atoms with van der Waals surface area (Å²) in [4.78, 5) is 16.3. The Kier molecular flexibility index (Phi) is 15.6. The highest BCUT2D eigenvalue weighted by atomic mass is 28.4. The Hall–Kier alpha value is -4.37. The van der Waals surface area contributed by atoms with Crippen molar-refractivity contribution in [2.45, 2.75) is 123 Å². The van der Waals surface area contributed by atoms with E-state index in [1.165, 1.54) is 0 Å². The van der Waals surface area contributed by atoms with Crippen molar-refractivity contribution in [3.8, 4) is 34.8 Å². The van der Waals surface area contributed by atoms with Crippen LogP contribution in [0.25, 0.3) is 21.5 Å². The number of benzene rings is 4. The molecule has 0 amide bonds. The van der Waals surface area contributed by atoms with Crippen LogP contribution in [0.2, 0.25) is 16.6 Å². The van der Waals surface area contributed by atoms with Gasteiger partial charge in [-0.15, -0.1) is 0 Å². The molecule has 10 heteroatoms. The molecular weight excluding hydrogens is 771 g/mol. The van der Waals surface area contributed by atoms with E-state index in [1.807, 2.05) is 51.1 Å². The smallest absolute Gasteiger partial charge is 0.258 e. The molecule has 324 valence electrons. The second-order valence-corrected chi connectivity index (χ2v) is 22.5. The first kappa shape index (κ1) is 46.7. The summed E-state index contributed by atoms with van der Waals surface area (Å²) in [5, 5.41) is 2.86. The van der Waals surface area contributed by atoms with E-state index in [-0.39, 0.29) is 36.9 Å². The van der Waals surface area contributed by atoms with Crippen LogP contribution >= 0.6 is 0 Å². The third kappa shape index (κ3) is 9.12. The lowest BCUT2D eigenvalue weighted by atomic mass is 9.86. The van der Waals surface area contributed by atoms with Crippen molar-refractivity contribution in [2.24, 2.45) is 0 Å². The number of Topliss-reactive ketones (excluding diaryl/α,β-unsaturated/α-hetero) is 1. The molecule has 60 heavy (non-hydrogen) atoms. The number of hydrogen-bond acceptors (Lipinski definition) is 9. The van der Waals surface area contributed by atoms with Gasteiger partial charge < -0.3 is 37.7 Å². The standard InChI is InChI=1S/C50H67NO8Si/c1-16-33(8)22-24-40(52)43-34(9)26-38-45(50(43)57-29-53-13)49(55-15)46-41(59-60(30(2)3,31(4)5)32(6)7)25-23-37(44(46)48(38)54-14)42-27-39(51(11)12)47(35(10)58-42)56-28-36-20-18-17-19-21-36/h16-21,23,25-26,30-32,35,39,42,47H,27-29H2,1-15H3/b33-16+/t35-,39-,42-,47-/m1/s1. The van der Waals surface area contributed by atoms with Crippen LogP contribution in [0.3, 0.4) is 0 Å². The summed E-state index contributed by atoms with van der Waals surface area (Å²) < 4.78 is 46.2. The Balaban J connectivity index is 1.87. The maximum Gasteiger partial charge on any atom is 0.258 e. The number of fused-ring (bicyclic) bond motifs is 2. The number of ether oxygens (including phenoxy) is 6. The van der Waals surface area contributed by atoms with Crippen LogP contribution in [-0.2, 0) is 20.8 Å². The van der Waals surface area contributed by atoms with Gasteiger partial charge >= 0.3 is 0 Å². The van der Waals surface area contributed by atoms with E-state index < -0.39 is 8.32 Å². The van der Waals surface area contributed by atoms with E-state index in [0.717, 1.165) is 32.9 Å². The minimum Gasteiger partial charge on any atom is -0.542 e. The molecule has 1 aliphatic rings. The molecule has 0 spiro atoms. The van der Waals surface area contributed by atoms with Crippen LogP contribution in [0.4, 0.5) is 0 Å². The van der Waals surface area contributed by atoms with Crippen molar-refractivity contribution in [3.05, 3.63) is 82.4 Å². The number of carbonyl (C=O) groups excluding carboxylic acids is 1. The number of aryl methyl sites for hydroxylation is 1. The van der Waals surface area contributed by atoms with Crippen molar-refractivity contribution in [1.82, 2.24) is 4.90 Å². The van der Waals surface area contributed by atoms with Gasteiger partial charge in [-0.05, 0) is 105 Å². The van der Waals surface area contributed by atoms with Crippen molar-refractivity contribution in [1.29, 1.82) is 0 Å². The minimum absolute atomic E-state index is 0.0434. The fourth-order valence-electron chi connectivity index (χ4n) is 9.45. The number of likely N-dealkylation sites (N-methyl/N-ethyl adjacent to an activating group) is 1. The highest BCUT2D eigenvalue weighted by Crippen LogP contribution is 2.55. The summed E-state index contributed by atoms with van der Waals surface area (Å²) in [6.45, 7) is 21.8. The van der Waals surface area contributed by atoms with Crippen LogP contribution in [-0.4, -0.2) is 79.5 Å². The molecular formula is C50H67NO8Si. The molecule has 0 N–H and O–H groups in total. The number of methoxy groups -OCH3 is 3. The molecule has 1 aliphatic heterocycles. The van der Waals surface area contributed by atoms with Crippen LogP contribution in [0, 0.1) is 18.8 Å². The van der Waals surface area contributed by atoms with Gasteiger partial charge in [0.1, 0.15) is 23.0 Å². The summed E-state index contributed by atoms with van der Waals surface area (Å²) in [5.41, 5.74) is 4.76. The molecule has 9 nitrogen and oxygen atoms in total. The number of nitrogens with zero attached hydrogens (tertiary/aromatic N) is 1. The average molecular weight is 838 g/mol. The second-order valence-electron chi connectivity index (χ2n) is 17.2. The van der Waals surface area contributed by atoms with Gasteiger partial charge in [0.05, 0.1) is 55.5 Å². The molecule has 0 saturated carbocycles. The first-order valence-corrected chi connectivity index (χ1v) is 23.4. The largest absolute Gasteiger partial charge is 0.542 e. The molecule has 1 saturated heterocycles. The topological polar surface area (TPSA) is 84.9 Å². The molecule has 4 aromatic rings. The minimum atomic E-state index is -2.53. The first-order chi connectivity index (χ1) is 28.6. The summed E-state index contributed by atoms with van der Waals surface area (Å²) in [6.07, 6.45) is 1.79. The maximum absolute atomic E-state index is 14.1. The Morgan fingerprint density at radius 3 is 2.12 bits per heavy atom. The van der Waals surface area contributed by atoms with E-state index in [2.05, 4.69) is 104 Å². The average Bonchev–Trinajstić information content (AvgIpc) is 3.21. The van der Waals surface area contributed by atoms with Crippen molar-refractivity contribution in [2.75, 3.05) is 42.2 Å². The summed E-state index contributed by atoms with van der Waals surface area (Å²) in [5.74, 6) is 7.58. The molecule has 4 aromatic carbocycles. The summed E-state index contributed by atoms with van der Waals surface area (Å²) in [7, 11) is 6.56. The third-order valence-electron chi connectivity index (χ3n) is 12.3. The van der Waals surface area contributed by atoms with Gasteiger partial charge in [0.25, 0.3) is 8.32 Å². The Labute approximate surface area is 359 Å². The molecule has 1 heterocycles. The zero-order chi connectivity index (χ0) is 44.1. The molecule has 0 bridgehead atoms. The lowest BCUT2D eigenvalue weighted by molar-refractivity contribution is -0.167. The number of rotatable bonds is 16. The van der Waals surface area contributed by atoms with Crippen molar-refractivity contribution in [3.63, 3.8) is 0 Å². The summed E-state index contributed by atoms with van der Waals surface area (Å²) in [6, 6.07) is 16.5. The second kappa shape index (κ2) is 20.0. The van der Waals surface area contributed by atoms with E-state index in [9.17, 15) is 4.79 Å². The van der Waals surface area contributed by atoms with E-state index in [4.69, 9.17) is 32.8 Å². The molecule has 0 aliphatic carbocycles.